The lowest BCUT2D eigenvalue weighted by Crippen LogP contribution is -2.36. The highest BCUT2D eigenvalue weighted by atomic mass is 32.1. The second kappa shape index (κ2) is 2.07. The van der Waals surface area contributed by atoms with E-state index < -0.39 is 0 Å². The lowest BCUT2D eigenvalue weighted by molar-refractivity contribution is 0.436. The van der Waals surface area contributed by atoms with Gasteiger partial charge in [0.15, 0.2) is 0 Å². The van der Waals surface area contributed by atoms with Crippen LogP contribution in [-0.2, 0) is 0 Å². The maximum Gasteiger partial charge on any atom is 0.125 e. The standard InChI is InChI=1S/C6H7N3S/c7-9-3-5-1-2-10-6(5)8-4-9/h1-3H,4,7H2. The summed E-state index contributed by atoms with van der Waals surface area (Å²) in [4.78, 5) is 4.22. The SMILES string of the molecule is NN1C=c2ccsc2=NC1. The minimum Gasteiger partial charge on any atom is -0.296 e. The van der Waals surface area contributed by atoms with Gasteiger partial charge in [-0.1, -0.05) is 0 Å². The normalized spacial score (nSPS) is 15.5. The molecule has 0 fully saturated rings. The molecule has 0 unspecified atom stereocenters. The van der Waals surface area contributed by atoms with Crippen molar-refractivity contribution in [1.82, 2.24) is 5.01 Å². The molecular formula is C6H7N3S. The van der Waals surface area contributed by atoms with Gasteiger partial charge in [0.2, 0.25) is 0 Å². The van der Waals surface area contributed by atoms with E-state index >= 15 is 0 Å². The highest BCUT2D eigenvalue weighted by Gasteiger charge is 1.97. The van der Waals surface area contributed by atoms with Crippen LogP contribution in [0.25, 0.3) is 6.20 Å². The van der Waals surface area contributed by atoms with Gasteiger partial charge in [0, 0.05) is 11.4 Å². The second-order valence-electron chi connectivity index (χ2n) is 2.12. The number of nitrogens with zero attached hydrogens (tertiary/aromatic N) is 2. The Morgan fingerprint density at radius 1 is 1.70 bits per heavy atom. The fraction of sp³-hybridized carbons (Fsp3) is 0.167. The summed E-state index contributed by atoms with van der Waals surface area (Å²) in [5, 5.41) is 4.72. The summed E-state index contributed by atoms with van der Waals surface area (Å²) < 4.78 is 1.08. The highest BCUT2D eigenvalue weighted by Crippen LogP contribution is 1.87. The monoisotopic (exact) mass is 153 g/mol. The van der Waals surface area contributed by atoms with Crippen LogP contribution in [0.1, 0.15) is 0 Å². The van der Waals surface area contributed by atoms with Crippen LogP contribution in [-0.4, -0.2) is 11.7 Å². The van der Waals surface area contributed by atoms with E-state index in [2.05, 4.69) is 4.99 Å². The van der Waals surface area contributed by atoms with E-state index in [-0.39, 0.29) is 0 Å². The Bertz CT molecular complexity index is 340. The minimum absolute atomic E-state index is 0.577. The van der Waals surface area contributed by atoms with Gasteiger partial charge in [-0.15, -0.1) is 11.3 Å². The third kappa shape index (κ3) is 0.815. The number of thiophene rings is 1. The lowest BCUT2D eigenvalue weighted by atomic mass is 10.5. The zero-order valence-electron chi connectivity index (χ0n) is 5.32. The molecule has 0 radical (unpaired) electrons. The zero-order valence-corrected chi connectivity index (χ0v) is 6.14. The van der Waals surface area contributed by atoms with E-state index in [1.165, 1.54) is 0 Å². The van der Waals surface area contributed by atoms with Gasteiger partial charge < -0.3 is 0 Å². The molecule has 10 heavy (non-hydrogen) atoms. The van der Waals surface area contributed by atoms with Crippen molar-refractivity contribution in [2.45, 2.75) is 0 Å². The van der Waals surface area contributed by atoms with Crippen molar-refractivity contribution in [3.05, 3.63) is 21.3 Å². The Balaban J connectivity index is 2.73. The number of fused-ring (bicyclic) bond motifs is 1. The maximum absolute atomic E-state index is 5.50. The van der Waals surface area contributed by atoms with E-state index in [9.17, 15) is 0 Å². The van der Waals surface area contributed by atoms with Gasteiger partial charge in [-0.05, 0) is 11.4 Å². The first-order valence-electron chi connectivity index (χ1n) is 2.97. The van der Waals surface area contributed by atoms with Crippen molar-refractivity contribution >= 4 is 17.5 Å². The average molecular weight is 153 g/mol. The van der Waals surface area contributed by atoms with E-state index in [0.29, 0.717) is 6.67 Å². The number of nitrogens with two attached hydrogens (primary N) is 1. The first kappa shape index (κ1) is 5.88. The van der Waals surface area contributed by atoms with Gasteiger partial charge in [-0.3, -0.25) is 10.0 Å². The van der Waals surface area contributed by atoms with Crippen LogP contribution in [0.5, 0.6) is 0 Å². The van der Waals surface area contributed by atoms with Crippen LogP contribution in [0.2, 0.25) is 0 Å². The fourth-order valence-electron chi connectivity index (χ4n) is 0.903. The zero-order chi connectivity index (χ0) is 6.97. The number of hydrazine groups is 1. The van der Waals surface area contributed by atoms with E-state index in [1.54, 1.807) is 16.3 Å². The molecule has 4 heteroatoms. The van der Waals surface area contributed by atoms with E-state index in [4.69, 9.17) is 5.84 Å². The molecule has 0 bridgehead atoms. The summed E-state index contributed by atoms with van der Waals surface area (Å²) in [6.07, 6.45) is 1.90. The van der Waals surface area contributed by atoms with Crippen LogP contribution in [0.15, 0.2) is 16.4 Å². The molecule has 52 valence electrons. The number of hydrogen-bond donors (Lipinski definition) is 1. The summed E-state index contributed by atoms with van der Waals surface area (Å²) in [7, 11) is 0. The lowest BCUT2D eigenvalue weighted by Gasteiger charge is -2.10. The molecule has 0 saturated heterocycles. The predicted molar refractivity (Wildman–Crippen MR) is 40.5 cm³/mol. The van der Waals surface area contributed by atoms with Crippen molar-refractivity contribution in [3.63, 3.8) is 0 Å². The molecule has 0 spiro atoms. The van der Waals surface area contributed by atoms with Gasteiger partial charge in [0.25, 0.3) is 0 Å². The fourth-order valence-corrected chi connectivity index (χ4v) is 1.64. The van der Waals surface area contributed by atoms with Crippen LogP contribution in [0.3, 0.4) is 0 Å². The molecule has 1 aromatic rings. The van der Waals surface area contributed by atoms with Crippen LogP contribution in [0.4, 0.5) is 0 Å². The van der Waals surface area contributed by atoms with Crippen molar-refractivity contribution in [1.29, 1.82) is 0 Å². The summed E-state index contributed by atoms with van der Waals surface area (Å²) in [6, 6.07) is 2.02. The summed E-state index contributed by atoms with van der Waals surface area (Å²) in [5.41, 5.74) is 0. The summed E-state index contributed by atoms with van der Waals surface area (Å²) in [5.74, 6) is 5.50. The average Bonchev–Trinajstić information content (AvgIpc) is 2.33. The molecule has 1 aliphatic heterocycles. The molecule has 2 rings (SSSR count). The van der Waals surface area contributed by atoms with E-state index in [0.717, 1.165) is 9.89 Å². The number of hydrogen-bond acceptors (Lipinski definition) is 4. The first-order chi connectivity index (χ1) is 4.86. The first-order valence-corrected chi connectivity index (χ1v) is 3.85. The molecule has 0 aliphatic carbocycles. The maximum atomic E-state index is 5.50. The molecule has 0 amide bonds. The predicted octanol–water partition coefficient (Wildman–Crippen LogP) is -0.748. The Morgan fingerprint density at radius 3 is 3.50 bits per heavy atom. The van der Waals surface area contributed by atoms with Crippen LogP contribution >= 0.6 is 11.3 Å². The quantitative estimate of drug-likeness (QED) is 0.498. The smallest absolute Gasteiger partial charge is 0.125 e. The Labute approximate surface area is 62.1 Å². The largest absolute Gasteiger partial charge is 0.296 e. The Morgan fingerprint density at radius 2 is 2.60 bits per heavy atom. The minimum atomic E-state index is 0.577. The van der Waals surface area contributed by atoms with Gasteiger partial charge in [-0.25, -0.2) is 5.84 Å². The van der Waals surface area contributed by atoms with Crippen molar-refractivity contribution in [3.8, 4) is 0 Å². The molecular weight excluding hydrogens is 146 g/mol. The van der Waals surface area contributed by atoms with Crippen LogP contribution in [0, 0.1) is 0 Å². The van der Waals surface area contributed by atoms with Crippen molar-refractivity contribution in [2.24, 2.45) is 10.8 Å². The molecule has 0 saturated carbocycles. The highest BCUT2D eigenvalue weighted by molar-refractivity contribution is 7.07. The molecule has 0 atom stereocenters. The second-order valence-corrected chi connectivity index (χ2v) is 3.02. The van der Waals surface area contributed by atoms with Crippen LogP contribution < -0.4 is 15.7 Å². The van der Waals surface area contributed by atoms with Crippen molar-refractivity contribution < 1.29 is 0 Å². The Hall–Kier alpha value is -0.870. The topological polar surface area (TPSA) is 41.6 Å². The van der Waals surface area contributed by atoms with Gasteiger partial charge in [0.05, 0.1) is 0 Å². The summed E-state index contributed by atoms with van der Waals surface area (Å²) >= 11 is 1.65. The molecule has 1 aromatic heterocycles. The summed E-state index contributed by atoms with van der Waals surface area (Å²) in [6.45, 7) is 0.577. The Kier molecular flexibility index (Phi) is 1.22. The molecule has 3 nitrogen and oxygen atoms in total. The third-order valence-corrected chi connectivity index (χ3v) is 2.22. The molecule has 2 N–H and O–H groups in total. The third-order valence-electron chi connectivity index (χ3n) is 1.36. The molecule has 2 heterocycles. The molecule has 0 aromatic carbocycles. The number of rotatable bonds is 0. The van der Waals surface area contributed by atoms with Gasteiger partial charge in [0.1, 0.15) is 11.3 Å². The molecule has 1 aliphatic rings. The van der Waals surface area contributed by atoms with Gasteiger partial charge >= 0.3 is 0 Å². The van der Waals surface area contributed by atoms with Crippen molar-refractivity contribution in [2.75, 3.05) is 6.67 Å². The van der Waals surface area contributed by atoms with E-state index in [1.807, 2.05) is 17.6 Å². The van der Waals surface area contributed by atoms with Gasteiger partial charge in [-0.2, -0.15) is 0 Å².